The lowest BCUT2D eigenvalue weighted by Crippen LogP contribution is -2.34. The molecule has 0 spiro atoms. The molecular formula is C14H16N2O4. The van der Waals surface area contributed by atoms with E-state index in [0.29, 0.717) is 0 Å². The van der Waals surface area contributed by atoms with E-state index in [9.17, 15) is 14.9 Å². The van der Waals surface area contributed by atoms with Crippen molar-refractivity contribution in [3.05, 3.63) is 46.0 Å². The van der Waals surface area contributed by atoms with Gasteiger partial charge in [-0.25, -0.2) is 0 Å². The number of allylic oxidation sites excluding steroid dienone is 1. The largest absolute Gasteiger partial charge is 0.490 e. The van der Waals surface area contributed by atoms with Gasteiger partial charge in [-0.2, -0.15) is 0 Å². The molecule has 1 aromatic rings. The number of para-hydroxylation sites is 1. The van der Waals surface area contributed by atoms with E-state index in [-0.39, 0.29) is 23.0 Å². The van der Waals surface area contributed by atoms with E-state index in [1.807, 2.05) is 12.2 Å². The average Bonchev–Trinajstić information content (AvgIpc) is 2.47. The predicted molar refractivity (Wildman–Crippen MR) is 73.9 cm³/mol. The van der Waals surface area contributed by atoms with Crippen molar-refractivity contribution in [2.24, 2.45) is 0 Å². The monoisotopic (exact) mass is 276 g/mol. The highest BCUT2D eigenvalue weighted by molar-refractivity contribution is 5.99. The summed E-state index contributed by atoms with van der Waals surface area (Å²) < 4.78 is 4.95. The van der Waals surface area contributed by atoms with Crippen molar-refractivity contribution in [3.63, 3.8) is 0 Å². The Morgan fingerprint density at radius 2 is 2.30 bits per heavy atom. The molecule has 0 aromatic heterocycles. The molecule has 6 nitrogen and oxygen atoms in total. The maximum absolute atomic E-state index is 12.2. The zero-order valence-corrected chi connectivity index (χ0v) is 11.2. The van der Waals surface area contributed by atoms with Crippen molar-refractivity contribution in [3.8, 4) is 5.75 Å². The second-order valence-electron chi connectivity index (χ2n) is 4.55. The number of hydrogen-bond acceptors (Lipinski definition) is 4. The Morgan fingerprint density at radius 1 is 1.50 bits per heavy atom. The quantitative estimate of drug-likeness (QED) is 0.520. The summed E-state index contributed by atoms with van der Waals surface area (Å²) >= 11 is 0. The lowest BCUT2D eigenvalue weighted by Gasteiger charge is -2.18. The first-order valence-electron chi connectivity index (χ1n) is 6.42. The maximum atomic E-state index is 12.2. The molecule has 20 heavy (non-hydrogen) atoms. The summed E-state index contributed by atoms with van der Waals surface area (Å²) in [7, 11) is 1.34. The van der Waals surface area contributed by atoms with Gasteiger partial charge in [0.05, 0.1) is 12.0 Å². The van der Waals surface area contributed by atoms with Crippen LogP contribution in [0.25, 0.3) is 0 Å². The number of carbonyl (C=O) groups excluding carboxylic acids is 1. The zero-order valence-electron chi connectivity index (χ0n) is 11.2. The molecule has 6 heteroatoms. The molecule has 1 amide bonds. The van der Waals surface area contributed by atoms with Crippen LogP contribution in [0, 0.1) is 10.1 Å². The number of nitro groups is 1. The van der Waals surface area contributed by atoms with Crippen LogP contribution >= 0.6 is 0 Å². The van der Waals surface area contributed by atoms with Gasteiger partial charge < -0.3 is 10.1 Å². The number of ether oxygens (including phenoxy) is 1. The van der Waals surface area contributed by atoms with Crippen LogP contribution in [0.4, 0.5) is 5.69 Å². The van der Waals surface area contributed by atoms with E-state index < -0.39 is 10.8 Å². The van der Waals surface area contributed by atoms with E-state index >= 15 is 0 Å². The smallest absolute Gasteiger partial charge is 0.323 e. The number of benzene rings is 1. The molecule has 1 aromatic carbocycles. The Kier molecular flexibility index (Phi) is 4.34. The summed E-state index contributed by atoms with van der Waals surface area (Å²) in [5, 5.41) is 13.9. The molecule has 0 aliphatic heterocycles. The number of amides is 1. The van der Waals surface area contributed by atoms with Crippen LogP contribution in [0.3, 0.4) is 0 Å². The van der Waals surface area contributed by atoms with Crippen LogP contribution in [0.5, 0.6) is 5.75 Å². The van der Waals surface area contributed by atoms with Gasteiger partial charge in [-0.05, 0) is 31.4 Å². The SMILES string of the molecule is COc1cccc(C(=O)N[C@@H]2C=CCCC2)c1[N+](=O)[O-]. The van der Waals surface area contributed by atoms with E-state index in [1.165, 1.54) is 19.2 Å². The zero-order chi connectivity index (χ0) is 14.5. The molecule has 1 atom stereocenters. The lowest BCUT2D eigenvalue weighted by molar-refractivity contribution is -0.386. The first kappa shape index (κ1) is 14.0. The van der Waals surface area contributed by atoms with Gasteiger partial charge in [0.15, 0.2) is 5.75 Å². The van der Waals surface area contributed by atoms with Crippen LogP contribution in [-0.2, 0) is 0 Å². The maximum Gasteiger partial charge on any atom is 0.323 e. The normalized spacial score (nSPS) is 17.6. The molecule has 0 unspecified atom stereocenters. The van der Waals surface area contributed by atoms with Gasteiger partial charge in [0.25, 0.3) is 5.91 Å². The third-order valence-electron chi connectivity index (χ3n) is 3.22. The first-order chi connectivity index (χ1) is 9.63. The summed E-state index contributed by atoms with van der Waals surface area (Å²) in [5.74, 6) is -0.367. The number of nitrogens with one attached hydrogen (secondary N) is 1. The molecular weight excluding hydrogens is 260 g/mol. The Bertz CT molecular complexity index is 554. The number of carbonyl (C=O) groups is 1. The molecule has 2 rings (SSSR count). The van der Waals surface area contributed by atoms with Crippen LogP contribution in [0.2, 0.25) is 0 Å². The molecule has 0 radical (unpaired) electrons. The summed E-state index contributed by atoms with van der Waals surface area (Å²) in [6, 6.07) is 4.40. The van der Waals surface area contributed by atoms with Gasteiger partial charge in [-0.15, -0.1) is 0 Å². The van der Waals surface area contributed by atoms with Gasteiger partial charge >= 0.3 is 5.69 Å². The third kappa shape index (κ3) is 2.96. The predicted octanol–water partition coefficient (Wildman–Crippen LogP) is 2.44. The highest BCUT2D eigenvalue weighted by Crippen LogP contribution is 2.30. The second kappa shape index (κ2) is 6.18. The first-order valence-corrected chi connectivity index (χ1v) is 6.42. The Morgan fingerprint density at radius 3 is 2.90 bits per heavy atom. The van der Waals surface area contributed by atoms with Gasteiger partial charge in [0.2, 0.25) is 0 Å². The number of methoxy groups -OCH3 is 1. The molecule has 1 aliphatic carbocycles. The van der Waals surface area contributed by atoms with Crippen molar-refractivity contribution in [2.45, 2.75) is 25.3 Å². The van der Waals surface area contributed by atoms with E-state index in [1.54, 1.807) is 6.07 Å². The molecule has 106 valence electrons. The topological polar surface area (TPSA) is 81.5 Å². The van der Waals surface area contributed by atoms with Crippen LogP contribution in [0.1, 0.15) is 29.6 Å². The van der Waals surface area contributed by atoms with Gasteiger partial charge in [-0.1, -0.05) is 18.2 Å². The van der Waals surface area contributed by atoms with Crippen molar-refractivity contribution in [1.82, 2.24) is 5.32 Å². The minimum Gasteiger partial charge on any atom is -0.490 e. The van der Waals surface area contributed by atoms with Crippen molar-refractivity contribution in [1.29, 1.82) is 0 Å². The number of rotatable bonds is 4. The summed E-state index contributed by atoms with van der Waals surface area (Å²) in [6.07, 6.45) is 6.79. The molecule has 1 aliphatic rings. The van der Waals surface area contributed by atoms with Crippen LogP contribution < -0.4 is 10.1 Å². The Balaban J connectivity index is 2.27. The molecule has 0 bridgehead atoms. The highest BCUT2D eigenvalue weighted by Gasteiger charge is 2.26. The van der Waals surface area contributed by atoms with Crippen LogP contribution in [0.15, 0.2) is 30.4 Å². The summed E-state index contributed by atoms with van der Waals surface area (Å²) in [5.41, 5.74) is -0.277. The fourth-order valence-corrected chi connectivity index (χ4v) is 2.24. The molecule has 0 fully saturated rings. The highest BCUT2D eigenvalue weighted by atomic mass is 16.6. The lowest BCUT2D eigenvalue weighted by atomic mass is 10.0. The minimum atomic E-state index is -0.593. The molecule has 0 saturated heterocycles. The standard InChI is InChI=1S/C14H16N2O4/c1-20-12-9-5-8-11(13(12)16(18)19)14(17)15-10-6-3-2-4-7-10/h3,5-6,8-10H,2,4,7H2,1H3,(H,15,17)/t10-/m1/s1. The van der Waals surface area contributed by atoms with Crippen LogP contribution in [-0.4, -0.2) is 24.0 Å². The third-order valence-corrected chi connectivity index (χ3v) is 3.22. The molecule has 0 saturated carbocycles. The Labute approximate surface area is 116 Å². The summed E-state index contributed by atoms with van der Waals surface area (Å²) in [4.78, 5) is 22.7. The molecule has 1 N–H and O–H groups in total. The van der Waals surface area contributed by atoms with Crippen molar-refractivity contribution < 1.29 is 14.5 Å². The Hall–Kier alpha value is -2.37. The average molecular weight is 276 g/mol. The van der Waals surface area contributed by atoms with Crippen molar-refractivity contribution >= 4 is 11.6 Å². The van der Waals surface area contributed by atoms with Gasteiger partial charge in [0.1, 0.15) is 5.56 Å². The van der Waals surface area contributed by atoms with Crippen molar-refractivity contribution in [2.75, 3.05) is 7.11 Å². The number of nitro benzene ring substituents is 1. The van der Waals surface area contributed by atoms with E-state index in [0.717, 1.165) is 19.3 Å². The van der Waals surface area contributed by atoms with Gasteiger partial charge in [-0.3, -0.25) is 14.9 Å². The fourth-order valence-electron chi connectivity index (χ4n) is 2.24. The summed E-state index contributed by atoms with van der Waals surface area (Å²) in [6.45, 7) is 0. The van der Waals surface area contributed by atoms with E-state index in [2.05, 4.69) is 5.32 Å². The molecule has 0 heterocycles. The van der Waals surface area contributed by atoms with Gasteiger partial charge in [0, 0.05) is 6.04 Å². The minimum absolute atomic E-state index is 0.0216. The number of hydrogen-bond donors (Lipinski definition) is 1. The second-order valence-corrected chi connectivity index (χ2v) is 4.55. The fraction of sp³-hybridized carbons (Fsp3) is 0.357. The van der Waals surface area contributed by atoms with E-state index in [4.69, 9.17) is 4.74 Å². The number of nitrogens with zero attached hydrogens (tertiary/aromatic N) is 1.